The summed E-state index contributed by atoms with van der Waals surface area (Å²) in [4.78, 5) is 0.899. The van der Waals surface area contributed by atoms with Gasteiger partial charge in [-0.1, -0.05) is 13.8 Å². The number of hydrogen-bond donors (Lipinski definition) is 2. The smallest absolute Gasteiger partial charge is 0.250 e. The van der Waals surface area contributed by atoms with Crippen LogP contribution in [0.25, 0.3) is 0 Å². The van der Waals surface area contributed by atoms with Crippen molar-refractivity contribution < 1.29 is 13.5 Å². The second-order valence-electron chi connectivity index (χ2n) is 5.34. The van der Waals surface area contributed by atoms with Crippen LogP contribution in [0.3, 0.4) is 0 Å². The normalized spacial score (nSPS) is 27.8. The minimum Gasteiger partial charge on any atom is -0.396 e. The molecule has 3 unspecified atom stereocenters. The molecule has 4 nitrogen and oxygen atoms in total. The summed E-state index contributed by atoms with van der Waals surface area (Å²) in [5.41, 5.74) is 0. The van der Waals surface area contributed by atoms with E-state index in [1.54, 1.807) is 12.1 Å². The molecule has 2 N–H and O–H groups in total. The maximum absolute atomic E-state index is 12.3. The number of nitrogens with one attached hydrogen (secondary N) is 1. The third kappa shape index (κ3) is 3.37. The van der Waals surface area contributed by atoms with Crippen molar-refractivity contribution in [3.8, 4) is 0 Å². The Bertz CT molecular complexity index is 524. The molecule has 3 atom stereocenters. The Morgan fingerprint density at radius 1 is 1.37 bits per heavy atom. The van der Waals surface area contributed by atoms with Gasteiger partial charge in [-0.3, -0.25) is 0 Å². The monoisotopic (exact) mass is 303 g/mol. The zero-order chi connectivity index (χ0) is 14.0. The van der Waals surface area contributed by atoms with Crippen LogP contribution in [0.15, 0.2) is 16.3 Å². The molecule has 2 rings (SSSR count). The van der Waals surface area contributed by atoms with E-state index in [0.29, 0.717) is 22.5 Å². The van der Waals surface area contributed by atoms with Crippen LogP contribution >= 0.6 is 11.3 Å². The van der Waals surface area contributed by atoms with Crippen molar-refractivity contribution in [2.24, 2.45) is 11.8 Å². The number of rotatable bonds is 5. The summed E-state index contributed by atoms with van der Waals surface area (Å²) in [5.74, 6) is 0.952. The highest BCUT2D eigenvalue weighted by Gasteiger charge is 2.33. The van der Waals surface area contributed by atoms with Gasteiger partial charge in [0.2, 0.25) is 10.0 Å². The minimum atomic E-state index is -3.41. The number of sulfonamides is 1. The fourth-order valence-electron chi connectivity index (χ4n) is 2.54. The van der Waals surface area contributed by atoms with Crippen LogP contribution in [0.2, 0.25) is 0 Å². The van der Waals surface area contributed by atoms with Crippen molar-refractivity contribution in [1.82, 2.24) is 4.72 Å². The van der Waals surface area contributed by atoms with Crippen molar-refractivity contribution in [2.75, 3.05) is 6.61 Å². The van der Waals surface area contributed by atoms with Crippen LogP contribution in [0, 0.1) is 11.8 Å². The van der Waals surface area contributed by atoms with Crippen LogP contribution in [-0.2, 0) is 16.4 Å². The first-order chi connectivity index (χ1) is 8.94. The highest BCUT2D eigenvalue weighted by atomic mass is 32.2. The topological polar surface area (TPSA) is 66.4 Å². The lowest BCUT2D eigenvalue weighted by molar-refractivity contribution is 0.300. The first-order valence-electron chi connectivity index (χ1n) is 6.66. The number of aliphatic hydroxyl groups excluding tert-OH is 1. The van der Waals surface area contributed by atoms with Gasteiger partial charge < -0.3 is 5.11 Å². The average molecular weight is 303 g/mol. The highest BCUT2D eigenvalue weighted by Crippen LogP contribution is 2.32. The predicted octanol–water partition coefficient (Wildman–Crippen LogP) is 2.00. The van der Waals surface area contributed by atoms with Gasteiger partial charge in [0.1, 0.15) is 4.21 Å². The Balaban J connectivity index is 2.09. The van der Waals surface area contributed by atoms with E-state index in [1.807, 2.05) is 0 Å². The molecular weight excluding hydrogens is 282 g/mol. The molecule has 6 heteroatoms. The molecule has 1 aromatic heterocycles. The Labute approximate surface area is 118 Å². The van der Waals surface area contributed by atoms with E-state index in [2.05, 4.69) is 18.6 Å². The zero-order valence-electron chi connectivity index (χ0n) is 11.3. The number of hydrogen-bond acceptors (Lipinski definition) is 4. The summed E-state index contributed by atoms with van der Waals surface area (Å²) in [6.45, 7) is 4.32. The van der Waals surface area contributed by atoms with Gasteiger partial charge in [0.15, 0.2) is 0 Å². The molecular formula is C13H21NO3S2. The lowest BCUT2D eigenvalue weighted by Crippen LogP contribution is -2.36. The molecule has 19 heavy (non-hydrogen) atoms. The molecule has 0 spiro atoms. The predicted molar refractivity (Wildman–Crippen MR) is 76.8 cm³/mol. The quantitative estimate of drug-likeness (QED) is 0.874. The molecule has 1 aromatic rings. The van der Waals surface area contributed by atoms with Gasteiger partial charge in [0, 0.05) is 23.9 Å². The molecule has 0 aromatic carbocycles. The Morgan fingerprint density at radius 3 is 2.68 bits per heavy atom. The molecule has 0 radical (unpaired) electrons. The molecule has 0 aliphatic heterocycles. The fraction of sp³-hybridized carbons (Fsp3) is 0.692. The van der Waals surface area contributed by atoms with E-state index in [1.165, 1.54) is 11.3 Å². The maximum atomic E-state index is 12.3. The lowest BCUT2D eigenvalue weighted by atomic mass is 9.98. The summed E-state index contributed by atoms with van der Waals surface area (Å²) in [6, 6.07) is 3.44. The molecule has 0 amide bonds. The first-order valence-corrected chi connectivity index (χ1v) is 8.96. The number of thiophene rings is 1. The third-order valence-corrected chi connectivity index (χ3v) is 7.16. The van der Waals surface area contributed by atoms with Gasteiger partial charge in [0.25, 0.3) is 0 Å². The maximum Gasteiger partial charge on any atom is 0.250 e. The van der Waals surface area contributed by atoms with E-state index in [0.717, 1.165) is 17.7 Å². The molecule has 108 valence electrons. The molecule has 1 saturated carbocycles. The summed E-state index contributed by atoms with van der Waals surface area (Å²) in [6.07, 6.45) is 2.50. The van der Waals surface area contributed by atoms with Crippen molar-refractivity contribution in [3.63, 3.8) is 0 Å². The van der Waals surface area contributed by atoms with E-state index in [-0.39, 0.29) is 12.6 Å². The highest BCUT2D eigenvalue weighted by molar-refractivity contribution is 7.91. The van der Waals surface area contributed by atoms with Crippen molar-refractivity contribution >= 4 is 21.4 Å². The van der Waals surface area contributed by atoms with Crippen molar-refractivity contribution in [3.05, 3.63) is 17.0 Å². The molecule has 0 saturated heterocycles. The van der Waals surface area contributed by atoms with Crippen molar-refractivity contribution in [1.29, 1.82) is 0 Å². The van der Waals surface area contributed by atoms with Gasteiger partial charge in [-0.25, -0.2) is 13.1 Å². The lowest BCUT2D eigenvalue weighted by Gasteiger charge is -2.19. The average Bonchev–Trinajstić information content (AvgIpc) is 2.92. The van der Waals surface area contributed by atoms with Crippen LogP contribution in [0.1, 0.15) is 31.6 Å². The van der Waals surface area contributed by atoms with Crippen molar-refractivity contribution in [2.45, 2.75) is 43.4 Å². The van der Waals surface area contributed by atoms with Crippen LogP contribution in [0.5, 0.6) is 0 Å². The first kappa shape index (κ1) is 15.0. The second kappa shape index (κ2) is 5.91. The van der Waals surface area contributed by atoms with Gasteiger partial charge >= 0.3 is 0 Å². The standard InChI is InChI=1S/C13H21NO3S2/c1-9-3-5-12(10(9)2)14-19(16,17)13-6-4-11(18-13)7-8-15/h4,6,9-10,12,14-15H,3,5,7-8H2,1-2H3. The van der Waals surface area contributed by atoms with Gasteiger partial charge in [0.05, 0.1) is 0 Å². The number of aliphatic hydroxyl groups is 1. The largest absolute Gasteiger partial charge is 0.396 e. The molecule has 0 bridgehead atoms. The summed E-state index contributed by atoms with van der Waals surface area (Å²) in [7, 11) is -3.41. The van der Waals surface area contributed by atoms with Crippen LogP contribution in [0.4, 0.5) is 0 Å². The van der Waals surface area contributed by atoms with Gasteiger partial charge in [-0.05, 0) is 36.8 Å². The van der Waals surface area contributed by atoms with Crippen LogP contribution < -0.4 is 4.72 Å². The molecule has 1 aliphatic rings. The summed E-state index contributed by atoms with van der Waals surface area (Å²) >= 11 is 1.24. The zero-order valence-corrected chi connectivity index (χ0v) is 12.9. The Hall–Kier alpha value is -0.430. The van der Waals surface area contributed by atoms with Crippen LogP contribution in [-0.4, -0.2) is 26.2 Å². The summed E-state index contributed by atoms with van der Waals surface area (Å²) < 4.78 is 27.8. The Kier molecular flexibility index (Phi) is 4.66. The molecule has 1 aliphatic carbocycles. The molecule has 1 heterocycles. The van der Waals surface area contributed by atoms with E-state index in [9.17, 15) is 8.42 Å². The summed E-state index contributed by atoms with van der Waals surface area (Å²) in [5, 5.41) is 8.87. The van der Waals surface area contributed by atoms with E-state index < -0.39 is 10.0 Å². The second-order valence-corrected chi connectivity index (χ2v) is 8.45. The minimum absolute atomic E-state index is 0.0448. The van der Waals surface area contributed by atoms with E-state index >= 15 is 0 Å². The fourth-order valence-corrected chi connectivity index (χ4v) is 5.26. The molecule has 1 fully saturated rings. The Morgan fingerprint density at radius 2 is 2.11 bits per heavy atom. The van der Waals surface area contributed by atoms with Gasteiger partial charge in [-0.15, -0.1) is 11.3 Å². The van der Waals surface area contributed by atoms with E-state index in [4.69, 9.17) is 5.11 Å². The SMILES string of the molecule is CC1CCC(NS(=O)(=O)c2ccc(CCO)s2)C1C. The van der Waals surface area contributed by atoms with Gasteiger partial charge in [-0.2, -0.15) is 0 Å². The third-order valence-electron chi connectivity index (χ3n) is 4.03.